The molecule has 0 bridgehead atoms. The topological polar surface area (TPSA) is 0 Å². The van der Waals surface area contributed by atoms with E-state index in [0.717, 1.165) is 22.3 Å². The van der Waals surface area contributed by atoms with Gasteiger partial charge < -0.3 is 0 Å². The third-order valence-corrected chi connectivity index (χ3v) is 5.42. The fourth-order valence-electron chi connectivity index (χ4n) is 2.35. The Morgan fingerprint density at radius 1 is 0.417 bits per heavy atom. The predicted molar refractivity (Wildman–Crippen MR) is 107 cm³/mol. The molecule has 0 saturated heterocycles. The Hall–Kier alpha value is -0.600. The maximum absolute atomic E-state index is 6.46. The lowest BCUT2D eigenvalue weighted by atomic mass is 10.00. The van der Waals surface area contributed by atoms with Crippen molar-refractivity contribution < 1.29 is 0 Å². The molecule has 0 heterocycles. The fraction of sp³-hybridized carbons (Fsp3) is 0. The van der Waals surface area contributed by atoms with Crippen LogP contribution in [0, 0.1) is 0 Å². The van der Waals surface area contributed by atoms with E-state index in [0.29, 0.717) is 30.1 Å². The number of rotatable bonds is 2. The molecule has 0 amide bonds. The van der Waals surface area contributed by atoms with E-state index in [2.05, 4.69) is 0 Å². The van der Waals surface area contributed by atoms with E-state index in [1.165, 1.54) is 0 Å². The minimum absolute atomic E-state index is 0.450. The molecule has 0 aromatic heterocycles. The van der Waals surface area contributed by atoms with Crippen molar-refractivity contribution in [3.8, 4) is 22.3 Å². The molecule has 6 heteroatoms. The molecule has 24 heavy (non-hydrogen) atoms. The predicted octanol–water partition coefficient (Wildman–Crippen LogP) is 8.94. The van der Waals surface area contributed by atoms with Gasteiger partial charge in [-0.1, -0.05) is 81.7 Å². The van der Waals surface area contributed by atoms with E-state index in [9.17, 15) is 0 Å². The molecule has 0 aliphatic carbocycles. The van der Waals surface area contributed by atoms with Crippen molar-refractivity contribution >= 4 is 69.6 Å². The van der Waals surface area contributed by atoms with Crippen LogP contribution in [0.15, 0.2) is 48.5 Å². The van der Waals surface area contributed by atoms with E-state index < -0.39 is 0 Å². The molecule has 122 valence electrons. The van der Waals surface area contributed by atoms with Gasteiger partial charge >= 0.3 is 0 Å². The Bertz CT molecular complexity index is 933. The third kappa shape index (κ3) is 3.65. The first-order valence-corrected chi connectivity index (χ1v) is 9.03. The summed E-state index contributed by atoms with van der Waals surface area (Å²) in [5, 5.41) is 3.03. The second-order valence-corrected chi connectivity index (χ2v) is 7.54. The minimum Gasteiger partial charge on any atom is -0.0843 e. The number of hydrogen-bond acceptors (Lipinski definition) is 0. The van der Waals surface area contributed by atoms with Gasteiger partial charge in [0, 0.05) is 36.8 Å². The summed E-state index contributed by atoms with van der Waals surface area (Å²) in [6.45, 7) is 0. The summed E-state index contributed by atoms with van der Waals surface area (Å²) in [5.74, 6) is 0. The lowest BCUT2D eigenvalue weighted by molar-refractivity contribution is 1.58. The Morgan fingerprint density at radius 3 is 1.71 bits per heavy atom. The Morgan fingerprint density at radius 2 is 1.04 bits per heavy atom. The first-order valence-electron chi connectivity index (χ1n) is 6.76. The van der Waals surface area contributed by atoms with E-state index in [1.807, 2.05) is 6.07 Å². The molecule has 0 aliphatic heterocycles. The van der Waals surface area contributed by atoms with E-state index in [-0.39, 0.29) is 0 Å². The quantitative estimate of drug-likeness (QED) is 0.376. The van der Waals surface area contributed by atoms with Gasteiger partial charge in [0.2, 0.25) is 0 Å². The van der Waals surface area contributed by atoms with Crippen LogP contribution >= 0.6 is 69.6 Å². The van der Waals surface area contributed by atoms with Crippen LogP contribution in [0.25, 0.3) is 22.3 Å². The van der Waals surface area contributed by atoms with Crippen LogP contribution < -0.4 is 0 Å². The SMILES string of the molecule is Clc1ccc(-c2cc(Cl)c(-c3ccc(Cl)c(Cl)c3)cc2Cl)c(Cl)c1. The van der Waals surface area contributed by atoms with Crippen molar-refractivity contribution in [1.29, 1.82) is 0 Å². The van der Waals surface area contributed by atoms with Crippen LogP contribution in [-0.4, -0.2) is 0 Å². The molecule has 3 aromatic carbocycles. The first-order chi connectivity index (χ1) is 11.4. The molecule has 0 fully saturated rings. The van der Waals surface area contributed by atoms with E-state index in [4.69, 9.17) is 69.6 Å². The van der Waals surface area contributed by atoms with Crippen LogP contribution in [0.2, 0.25) is 30.1 Å². The monoisotopic (exact) mass is 434 g/mol. The van der Waals surface area contributed by atoms with Crippen LogP contribution in [0.1, 0.15) is 0 Å². The highest BCUT2D eigenvalue weighted by Crippen LogP contribution is 2.41. The molecule has 0 radical (unpaired) electrons. The van der Waals surface area contributed by atoms with Gasteiger partial charge in [0.15, 0.2) is 0 Å². The number of hydrogen-bond donors (Lipinski definition) is 0. The summed E-state index contributed by atoms with van der Waals surface area (Å²) in [5.41, 5.74) is 3.07. The van der Waals surface area contributed by atoms with E-state index in [1.54, 1.807) is 42.5 Å². The zero-order valence-corrected chi connectivity index (χ0v) is 16.4. The van der Waals surface area contributed by atoms with Crippen molar-refractivity contribution in [2.45, 2.75) is 0 Å². The highest BCUT2D eigenvalue weighted by molar-refractivity contribution is 6.42. The van der Waals surface area contributed by atoms with Crippen LogP contribution in [-0.2, 0) is 0 Å². The lowest BCUT2D eigenvalue weighted by Crippen LogP contribution is -1.86. The van der Waals surface area contributed by atoms with Gasteiger partial charge in [0.1, 0.15) is 0 Å². The zero-order chi connectivity index (χ0) is 17.4. The largest absolute Gasteiger partial charge is 0.0843 e. The van der Waals surface area contributed by atoms with Crippen molar-refractivity contribution in [2.75, 3.05) is 0 Å². The number of halogens is 6. The van der Waals surface area contributed by atoms with Crippen molar-refractivity contribution in [3.63, 3.8) is 0 Å². The van der Waals surface area contributed by atoms with Gasteiger partial charge in [0.25, 0.3) is 0 Å². The summed E-state index contributed by atoms with van der Waals surface area (Å²) < 4.78 is 0. The molecular formula is C18H8Cl6. The standard InChI is InChI=1S/C18H8Cl6/c19-10-2-3-11(15(21)6-10)13-8-16(22)12(7-17(13)23)9-1-4-14(20)18(24)5-9/h1-8H. The maximum Gasteiger partial charge on any atom is 0.0598 e. The summed E-state index contributed by atoms with van der Waals surface area (Å²) in [7, 11) is 0. The molecular weight excluding hydrogens is 429 g/mol. The van der Waals surface area contributed by atoms with Crippen LogP contribution in [0.3, 0.4) is 0 Å². The van der Waals surface area contributed by atoms with Gasteiger partial charge in [-0.2, -0.15) is 0 Å². The fourth-order valence-corrected chi connectivity index (χ4v) is 3.69. The summed E-state index contributed by atoms with van der Waals surface area (Å²) >= 11 is 37.2. The van der Waals surface area contributed by atoms with Gasteiger partial charge in [-0.15, -0.1) is 0 Å². The molecule has 0 saturated carbocycles. The zero-order valence-electron chi connectivity index (χ0n) is 11.9. The smallest absolute Gasteiger partial charge is 0.0598 e. The van der Waals surface area contributed by atoms with Crippen LogP contribution in [0.4, 0.5) is 0 Å². The molecule has 0 spiro atoms. The van der Waals surface area contributed by atoms with Crippen LogP contribution in [0.5, 0.6) is 0 Å². The average molecular weight is 437 g/mol. The van der Waals surface area contributed by atoms with Gasteiger partial charge in [-0.05, 0) is 42.0 Å². The first kappa shape index (κ1) is 18.2. The Labute approximate surface area is 169 Å². The summed E-state index contributed by atoms with van der Waals surface area (Å²) in [6.07, 6.45) is 0. The van der Waals surface area contributed by atoms with Crippen molar-refractivity contribution in [2.24, 2.45) is 0 Å². The van der Waals surface area contributed by atoms with Crippen molar-refractivity contribution in [1.82, 2.24) is 0 Å². The third-order valence-electron chi connectivity index (χ3n) is 3.51. The van der Waals surface area contributed by atoms with Gasteiger partial charge in [0.05, 0.1) is 10.0 Å². The molecule has 3 aromatic rings. The molecule has 3 rings (SSSR count). The lowest BCUT2D eigenvalue weighted by Gasteiger charge is -2.12. The molecule has 0 aliphatic rings. The molecule has 0 atom stereocenters. The minimum atomic E-state index is 0.450. The molecule has 0 unspecified atom stereocenters. The average Bonchev–Trinajstić information content (AvgIpc) is 2.52. The summed E-state index contributed by atoms with van der Waals surface area (Å²) in [4.78, 5) is 0. The Balaban J connectivity index is 2.13. The molecule has 0 nitrogen and oxygen atoms in total. The van der Waals surface area contributed by atoms with Crippen molar-refractivity contribution in [3.05, 3.63) is 78.7 Å². The second kappa shape index (κ2) is 7.33. The number of benzene rings is 3. The van der Waals surface area contributed by atoms with Gasteiger partial charge in [-0.3, -0.25) is 0 Å². The van der Waals surface area contributed by atoms with E-state index >= 15 is 0 Å². The normalized spacial score (nSPS) is 10.9. The Kier molecular flexibility index (Phi) is 5.56. The highest BCUT2D eigenvalue weighted by atomic mass is 35.5. The second-order valence-electron chi connectivity index (χ2n) is 5.06. The van der Waals surface area contributed by atoms with Gasteiger partial charge in [-0.25, -0.2) is 0 Å². The highest BCUT2D eigenvalue weighted by Gasteiger charge is 2.14. The maximum atomic E-state index is 6.46. The summed E-state index contributed by atoms with van der Waals surface area (Å²) in [6, 6.07) is 14.1. The molecule has 0 N–H and O–H groups in total.